The maximum Gasteiger partial charge on any atom is 0.133 e. The van der Waals surface area contributed by atoms with Crippen LogP contribution in [0.25, 0.3) is 5.69 Å². The van der Waals surface area contributed by atoms with E-state index in [1.54, 1.807) is 0 Å². The molecule has 0 bridgehead atoms. The number of hydrogen-bond acceptors (Lipinski definition) is 3. The number of anilines is 1. The fourth-order valence-corrected chi connectivity index (χ4v) is 4.30. The summed E-state index contributed by atoms with van der Waals surface area (Å²) in [6.45, 7) is 6.84. The molecule has 1 aromatic carbocycles. The minimum Gasteiger partial charge on any atom is -0.369 e. The van der Waals surface area contributed by atoms with E-state index in [4.69, 9.17) is 5.10 Å². The number of benzene rings is 1. The molecule has 2 aliphatic heterocycles. The normalized spacial score (nSPS) is 18.9. The summed E-state index contributed by atoms with van der Waals surface area (Å²) in [5.41, 5.74) is 3.89. The van der Waals surface area contributed by atoms with Crippen molar-refractivity contribution in [3.8, 4) is 5.69 Å². The summed E-state index contributed by atoms with van der Waals surface area (Å²) in [5, 5.41) is 8.59. The molecule has 0 saturated carbocycles. The van der Waals surface area contributed by atoms with Crippen LogP contribution in [0.15, 0.2) is 28.7 Å². The van der Waals surface area contributed by atoms with E-state index in [9.17, 15) is 0 Å². The van der Waals surface area contributed by atoms with Crippen LogP contribution in [0.2, 0.25) is 0 Å². The van der Waals surface area contributed by atoms with Crippen LogP contribution >= 0.6 is 15.9 Å². The lowest BCUT2D eigenvalue weighted by Crippen LogP contribution is -2.33. The van der Waals surface area contributed by atoms with E-state index in [1.807, 2.05) is 6.07 Å². The number of hydrogen-bond donors (Lipinski definition) is 1. The number of fused-ring (bicyclic) bond motifs is 1. The molecule has 1 saturated heterocycles. The summed E-state index contributed by atoms with van der Waals surface area (Å²) >= 11 is 3.67. The number of halogens is 1. The zero-order valence-electron chi connectivity index (χ0n) is 13.6. The number of piperidine rings is 1. The van der Waals surface area contributed by atoms with Gasteiger partial charge in [-0.3, -0.25) is 0 Å². The van der Waals surface area contributed by atoms with Crippen molar-refractivity contribution >= 4 is 21.7 Å². The molecule has 0 spiro atoms. The van der Waals surface area contributed by atoms with Crippen molar-refractivity contribution in [2.24, 2.45) is 0 Å². The summed E-state index contributed by atoms with van der Waals surface area (Å²) < 4.78 is 3.19. The molecule has 5 heteroatoms. The Morgan fingerprint density at radius 2 is 2.04 bits per heavy atom. The van der Waals surface area contributed by atoms with Crippen molar-refractivity contribution in [1.29, 1.82) is 0 Å². The van der Waals surface area contributed by atoms with Crippen LogP contribution in [0.5, 0.6) is 0 Å². The predicted molar refractivity (Wildman–Crippen MR) is 97.5 cm³/mol. The summed E-state index contributed by atoms with van der Waals surface area (Å²) in [6, 6.07) is 8.33. The number of rotatable bonds is 3. The van der Waals surface area contributed by atoms with Crippen LogP contribution in [-0.4, -0.2) is 40.9 Å². The fourth-order valence-electron chi connectivity index (χ4n) is 3.85. The first kappa shape index (κ1) is 15.2. The van der Waals surface area contributed by atoms with E-state index >= 15 is 0 Å². The smallest absolute Gasteiger partial charge is 0.133 e. The van der Waals surface area contributed by atoms with Crippen LogP contribution in [0.4, 0.5) is 5.82 Å². The Morgan fingerprint density at radius 1 is 1.26 bits per heavy atom. The second-order valence-corrected chi connectivity index (χ2v) is 7.32. The van der Waals surface area contributed by atoms with Gasteiger partial charge < -0.3 is 10.2 Å². The van der Waals surface area contributed by atoms with Gasteiger partial charge in [0.1, 0.15) is 5.82 Å². The molecule has 23 heavy (non-hydrogen) atoms. The van der Waals surface area contributed by atoms with Crippen molar-refractivity contribution in [2.45, 2.75) is 32.1 Å². The number of likely N-dealkylation sites (tertiary alicyclic amines) is 1. The highest BCUT2D eigenvalue weighted by Crippen LogP contribution is 2.37. The number of aromatic nitrogens is 2. The van der Waals surface area contributed by atoms with Gasteiger partial charge in [0.2, 0.25) is 0 Å². The molecule has 0 aliphatic carbocycles. The highest BCUT2D eigenvalue weighted by atomic mass is 79.9. The molecule has 4 nitrogen and oxygen atoms in total. The average Bonchev–Trinajstić information content (AvgIpc) is 3.18. The third-order valence-corrected chi connectivity index (χ3v) is 5.85. The maximum absolute atomic E-state index is 5.04. The van der Waals surface area contributed by atoms with Crippen molar-refractivity contribution in [1.82, 2.24) is 14.7 Å². The van der Waals surface area contributed by atoms with Gasteiger partial charge >= 0.3 is 0 Å². The molecule has 0 unspecified atom stereocenters. The molecule has 1 N–H and O–H groups in total. The van der Waals surface area contributed by atoms with Crippen LogP contribution in [0, 0.1) is 0 Å². The first-order valence-corrected chi connectivity index (χ1v) is 9.40. The van der Waals surface area contributed by atoms with Gasteiger partial charge in [-0.15, -0.1) is 0 Å². The molecule has 1 aromatic heterocycles. The van der Waals surface area contributed by atoms with Crippen LogP contribution in [0.3, 0.4) is 0 Å². The molecule has 2 aromatic rings. The second kappa shape index (κ2) is 6.29. The quantitative estimate of drug-likeness (QED) is 0.886. The fraction of sp³-hybridized carbons (Fsp3) is 0.500. The Hall–Kier alpha value is -1.33. The van der Waals surface area contributed by atoms with Crippen LogP contribution < -0.4 is 5.32 Å². The predicted octanol–water partition coefficient (Wildman–Crippen LogP) is 3.80. The highest BCUT2D eigenvalue weighted by Gasteiger charge is 2.30. The van der Waals surface area contributed by atoms with Crippen LogP contribution in [0.1, 0.15) is 36.9 Å². The Bertz CT molecular complexity index is 701. The van der Waals surface area contributed by atoms with Gasteiger partial charge in [0.05, 0.1) is 11.4 Å². The zero-order chi connectivity index (χ0) is 15.8. The molecular formula is C18H23BrN4. The monoisotopic (exact) mass is 374 g/mol. The van der Waals surface area contributed by atoms with E-state index in [0.29, 0.717) is 5.92 Å². The van der Waals surface area contributed by atoms with E-state index in [2.05, 4.69) is 56.0 Å². The lowest BCUT2D eigenvalue weighted by Gasteiger charge is -2.30. The van der Waals surface area contributed by atoms with Gasteiger partial charge in [-0.1, -0.05) is 19.1 Å². The van der Waals surface area contributed by atoms with Crippen molar-refractivity contribution in [3.05, 3.63) is 40.0 Å². The number of nitrogens with zero attached hydrogens (tertiary/aromatic N) is 3. The van der Waals surface area contributed by atoms with Gasteiger partial charge in [0, 0.05) is 22.5 Å². The number of para-hydroxylation sites is 1. The van der Waals surface area contributed by atoms with Gasteiger partial charge in [0.15, 0.2) is 0 Å². The summed E-state index contributed by atoms with van der Waals surface area (Å²) in [6.07, 6.45) is 3.56. The highest BCUT2D eigenvalue weighted by molar-refractivity contribution is 9.10. The third kappa shape index (κ3) is 2.70. The first-order chi connectivity index (χ1) is 11.3. The second-order valence-electron chi connectivity index (χ2n) is 6.46. The van der Waals surface area contributed by atoms with E-state index in [-0.39, 0.29) is 0 Å². The van der Waals surface area contributed by atoms with E-state index < -0.39 is 0 Å². The molecule has 4 rings (SSSR count). The lowest BCUT2D eigenvalue weighted by molar-refractivity contribution is 0.220. The van der Waals surface area contributed by atoms with Gasteiger partial charge in [-0.25, -0.2) is 4.68 Å². The summed E-state index contributed by atoms with van der Waals surface area (Å²) in [5.74, 6) is 1.81. The van der Waals surface area contributed by atoms with Gasteiger partial charge in [-0.2, -0.15) is 5.10 Å². The average molecular weight is 375 g/mol. The topological polar surface area (TPSA) is 33.1 Å². The van der Waals surface area contributed by atoms with Crippen molar-refractivity contribution in [2.75, 3.05) is 31.5 Å². The Kier molecular flexibility index (Phi) is 4.16. The molecule has 0 amide bonds. The molecule has 2 aliphatic rings. The molecule has 1 fully saturated rings. The molecule has 3 heterocycles. The van der Waals surface area contributed by atoms with E-state index in [1.165, 1.54) is 43.0 Å². The van der Waals surface area contributed by atoms with Gasteiger partial charge in [0.25, 0.3) is 0 Å². The standard InChI is InChI=1S/C18H23BrN4/c1-2-22-11-8-13(9-12-22)17-14-7-10-20-18(14)23(21-17)16-6-4-3-5-15(16)19/h3-6,13,20H,2,7-12H2,1H3. The van der Waals surface area contributed by atoms with Crippen molar-refractivity contribution in [3.63, 3.8) is 0 Å². The summed E-state index contributed by atoms with van der Waals surface area (Å²) in [4.78, 5) is 2.54. The molecule has 0 radical (unpaired) electrons. The molecule has 122 valence electrons. The van der Waals surface area contributed by atoms with Crippen LogP contribution in [-0.2, 0) is 6.42 Å². The Morgan fingerprint density at radius 3 is 2.78 bits per heavy atom. The van der Waals surface area contributed by atoms with E-state index in [0.717, 1.165) is 29.7 Å². The number of nitrogens with one attached hydrogen (secondary N) is 1. The SMILES string of the molecule is CCN1CCC(c2nn(-c3ccccc3Br)c3c2CCN3)CC1. The van der Waals surface area contributed by atoms with Crippen molar-refractivity contribution < 1.29 is 0 Å². The lowest BCUT2D eigenvalue weighted by atomic mass is 9.91. The third-order valence-electron chi connectivity index (χ3n) is 5.18. The largest absolute Gasteiger partial charge is 0.369 e. The zero-order valence-corrected chi connectivity index (χ0v) is 15.1. The maximum atomic E-state index is 5.04. The molecular weight excluding hydrogens is 352 g/mol. The molecule has 0 atom stereocenters. The van der Waals surface area contributed by atoms with Gasteiger partial charge in [-0.05, 0) is 67.0 Å². The first-order valence-electron chi connectivity index (χ1n) is 8.61. The minimum atomic E-state index is 0.607. The summed E-state index contributed by atoms with van der Waals surface area (Å²) in [7, 11) is 0. The minimum absolute atomic E-state index is 0.607. The Balaban J connectivity index is 1.70. The Labute approximate surface area is 146 Å².